The summed E-state index contributed by atoms with van der Waals surface area (Å²) in [6, 6.07) is 0. The Morgan fingerprint density at radius 3 is 1.10 bits per heavy atom. The van der Waals surface area contributed by atoms with Crippen LogP contribution in [0.1, 0.15) is 226 Å². The van der Waals surface area contributed by atoms with Crippen LogP contribution in [0.2, 0.25) is 0 Å². The molecule has 0 aliphatic carbocycles. The van der Waals surface area contributed by atoms with Crippen LogP contribution >= 0.6 is 0 Å². The Hall–Kier alpha value is -4.71. The van der Waals surface area contributed by atoms with Crippen molar-refractivity contribution in [2.75, 3.05) is 13.2 Å². The van der Waals surface area contributed by atoms with Crippen molar-refractivity contribution in [3.63, 3.8) is 0 Å². The molecule has 1 atom stereocenters. The molecule has 0 fully saturated rings. The third-order valence-electron chi connectivity index (χ3n) is 11.4. The van der Waals surface area contributed by atoms with E-state index in [1.165, 1.54) is 77.0 Å². The number of allylic oxidation sites excluding steroid dienone is 24. The Bertz CT molecular complexity index is 1590. The van der Waals surface area contributed by atoms with Crippen LogP contribution in [0.4, 0.5) is 0 Å². The molecule has 0 saturated heterocycles. The van der Waals surface area contributed by atoms with E-state index in [0.717, 1.165) is 103 Å². The summed E-state index contributed by atoms with van der Waals surface area (Å²) in [5.74, 6) is -1.04. The maximum absolute atomic E-state index is 12.9. The summed E-state index contributed by atoms with van der Waals surface area (Å²) < 4.78 is 16.8. The first kappa shape index (κ1) is 66.3. The molecular weight excluding hydrogens is 877 g/mol. The second kappa shape index (κ2) is 57.9. The van der Waals surface area contributed by atoms with E-state index in [2.05, 4.69) is 130 Å². The van der Waals surface area contributed by atoms with E-state index in [0.29, 0.717) is 19.3 Å². The summed E-state index contributed by atoms with van der Waals surface area (Å²) in [6.07, 6.45) is 82.7. The highest BCUT2D eigenvalue weighted by atomic mass is 16.6. The van der Waals surface area contributed by atoms with Crippen LogP contribution in [0.25, 0.3) is 0 Å². The van der Waals surface area contributed by atoms with Crippen LogP contribution in [0, 0.1) is 0 Å². The average Bonchev–Trinajstić information content (AvgIpc) is 3.37. The van der Waals surface area contributed by atoms with E-state index in [-0.39, 0.29) is 37.5 Å². The monoisotopic (exact) mass is 979 g/mol. The van der Waals surface area contributed by atoms with Crippen LogP contribution in [-0.2, 0) is 28.6 Å². The lowest BCUT2D eigenvalue weighted by Gasteiger charge is -2.18. The molecule has 0 amide bonds. The van der Waals surface area contributed by atoms with E-state index in [9.17, 15) is 14.4 Å². The molecule has 6 heteroatoms. The topological polar surface area (TPSA) is 78.9 Å². The summed E-state index contributed by atoms with van der Waals surface area (Å²) in [6.45, 7) is 6.26. The fourth-order valence-electron chi connectivity index (χ4n) is 7.23. The van der Waals surface area contributed by atoms with Gasteiger partial charge in [-0.3, -0.25) is 14.4 Å². The van der Waals surface area contributed by atoms with Gasteiger partial charge in [0.2, 0.25) is 0 Å². The molecule has 0 aliphatic rings. The van der Waals surface area contributed by atoms with Gasteiger partial charge in [0.1, 0.15) is 13.2 Å². The molecule has 71 heavy (non-hydrogen) atoms. The maximum atomic E-state index is 12.9. The molecule has 0 saturated carbocycles. The van der Waals surface area contributed by atoms with Crippen molar-refractivity contribution in [2.45, 2.75) is 232 Å². The van der Waals surface area contributed by atoms with Gasteiger partial charge in [0.25, 0.3) is 0 Å². The third kappa shape index (κ3) is 56.1. The molecule has 0 bridgehead atoms. The predicted octanol–water partition coefficient (Wildman–Crippen LogP) is 19.2. The van der Waals surface area contributed by atoms with Gasteiger partial charge in [0.05, 0.1) is 0 Å². The van der Waals surface area contributed by atoms with Gasteiger partial charge in [0.15, 0.2) is 6.10 Å². The summed E-state index contributed by atoms with van der Waals surface area (Å²) in [5.41, 5.74) is 0. The van der Waals surface area contributed by atoms with Crippen LogP contribution in [0.15, 0.2) is 146 Å². The molecule has 0 radical (unpaired) electrons. The minimum absolute atomic E-state index is 0.121. The van der Waals surface area contributed by atoms with E-state index < -0.39 is 6.10 Å². The van der Waals surface area contributed by atoms with Gasteiger partial charge in [-0.15, -0.1) is 0 Å². The first-order chi connectivity index (χ1) is 35.0. The lowest BCUT2D eigenvalue weighted by atomic mass is 10.1. The van der Waals surface area contributed by atoms with Crippen LogP contribution in [0.5, 0.6) is 0 Å². The molecule has 398 valence electrons. The lowest BCUT2D eigenvalue weighted by Crippen LogP contribution is -2.30. The first-order valence-electron chi connectivity index (χ1n) is 28.4. The van der Waals surface area contributed by atoms with Gasteiger partial charge in [0, 0.05) is 19.3 Å². The van der Waals surface area contributed by atoms with Crippen molar-refractivity contribution < 1.29 is 28.6 Å². The minimum Gasteiger partial charge on any atom is -0.462 e. The summed E-state index contributed by atoms with van der Waals surface area (Å²) >= 11 is 0. The lowest BCUT2D eigenvalue weighted by molar-refractivity contribution is -0.166. The van der Waals surface area contributed by atoms with Crippen LogP contribution < -0.4 is 0 Å². The number of carbonyl (C=O) groups is 3. The molecule has 1 unspecified atom stereocenters. The van der Waals surface area contributed by atoms with Crippen molar-refractivity contribution in [1.82, 2.24) is 0 Å². The SMILES string of the molecule is CC\C=C/C=C\C=C/C=C\CCCCCCCC(=O)OCC(COC(=O)CC/C=C\C/C=C\C/C=C\C/C=C\C/C=C\C/C=C\CC)OC(=O)CCCCCCCCCCCC/C=C\C=C/CCCCC. The highest BCUT2D eigenvalue weighted by Gasteiger charge is 2.19. The smallest absolute Gasteiger partial charge is 0.306 e. The fourth-order valence-corrected chi connectivity index (χ4v) is 7.23. The number of ether oxygens (including phenoxy) is 3. The van der Waals surface area contributed by atoms with E-state index in [1.54, 1.807) is 0 Å². The molecule has 0 heterocycles. The Morgan fingerprint density at radius 1 is 0.310 bits per heavy atom. The standard InChI is InChI=1S/C65H102O6/c1-4-7-10-13-16-19-22-25-28-30-32-34-37-40-43-46-49-52-55-58-64(67)70-61-62(60-69-63(66)57-54-51-48-45-42-39-36-27-24-21-18-15-12-9-6-3)71-65(68)59-56-53-50-47-44-41-38-35-33-31-29-26-23-20-17-14-11-8-5-2/h7,9-10,12,15-21,23-28,32,34,36,40,43,49,52,62H,4-6,8,11,13-14,22,29-31,33,35,37-39,41-42,44-48,50-51,53-61H2,1-3H3/b10-7-,12-9-,18-15-,19-16-,20-17-,24-21-,26-23-,28-25-,34-32-,36-27-,43-40-,52-49-. The number of esters is 3. The minimum atomic E-state index is -0.828. The highest BCUT2D eigenvalue weighted by Crippen LogP contribution is 2.14. The fraction of sp³-hybridized carbons (Fsp3) is 0.585. The molecule has 0 N–H and O–H groups in total. The van der Waals surface area contributed by atoms with Gasteiger partial charge in [-0.2, -0.15) is 0 Å². The highest BCUT2D eigenvalue weighted by molar-refractivity contribution is 5.71. The van der Waals surface area contributed by atoms with Crippen molar-refractivity contribution in [3.05, 3.63) is 146 Å². The van der Waals surface area contributed by atoms with Crippen molar-refractivity contribution in [1.29, 1.82) is 0 Å². The predicted molar refractivity (Wildman–Crippen MR) is 306 cm³/mol. The zero-order chi connectivity index (χ0) is 51.4. The molecule has 6 nitrogen and oxygen atoms in total. The molecular formula is C65H102O6. The Labute approximate surface area is 436 Å². The maximum Gasteiger partial charge on any atom is 0.306 e. The normalized spacial score (nSPS) is 13.2. The summed E-state index contributed by atoms with van der Waals surface area (Å²) in [7, 11) is 0. The van der Waals surface area contributed by atoms with Crippen molar-refractivity contribution >= 4 is 17.9 Å². The Morgan fingerprint density at radius 2 is 0.648 bits per heavy atom. The number of carbonyl (C=O) groups excluding carboxylic acids is 3. The number of rotatable bonds is 49. The van der Waals surface area contributed by atoms with Crippen molar-refractivity contribution in [3.8, 4) is 0 Å². The van der Waals surface area contributed by atoms with Gasteiger partial charge in [-0.05, 0) is 103 Å². The number of hydrogen-bond donors (Lipinski definition) is 0. The second-order valence-corrected chi connectivity index (χ2v) is 18.2. The molecule has 0 aromatic rings. The van der Waals surface area contributed by atoms with Gasteiger partial charge < -0.3 is 14.2 Å². The summed E-state index contributed by atoms with van der Waals surface area (Å²) in [5, 5.41) is 0. The largest absolute Gasteiger partial charge is 0.462 e. The summed E-state index contributed by atoms with van der Waals surface area (Å²) in [4.78, 5) is 38.1. The van der Waals surface area contributed by atoms with E-state index >= 15 is 0 Å². The molecule has 0 spiro atoms. The third-order valence-corrected chi connectivity index (χ3v) is 11.4. The number of unbranched alkanes of at least 4 members (excludes halogenated alkanes) is 18. The molecule has 0 aromatic heterocycles. The van der Waals surface area contributed by atoms with Gasteiger partial charge in [-0.1, -0.05) is 250 Å². The van der Waals surface area contributed by atoms with E-state index in [1.807, 2.05) is 36.5 Å². The number of hydrogen-bond acceptors (Lipinski definition) is 6. The average molecular weight is 980 g/mol. The van der Waals surface area contributed by atoms with Gasteiger partial charge in [-0.25, -0.2) is 0 Å². The van der Waals surface area contributed by atoms with Crippen LogP contribution in [-0.4, -0.2) is 37.2 Å². The Balaban J connectivity index is 4.56. The zero-order valence-electron chi connectivity index (χ0n) is 45.4. The van der Waals surface area contributed by atoms with Crippen molar-refractivity contribution in [2.24, 2.45) is 0 Å². The molecule has 0 rings (SSSR count). The quantitative estimate of drug-likeness (QED) is 0.0199. The van der Waals surface area contributed by atoms with Gasteiger partial charge >= 0.3 is 17.9 Å². The molecule has 0 aromatic carbocycles. The van der Waals surface area contributed by atoms with E-state index in [4.69, 9.17) is 14.2 Å². The zero-order valence-corrected chi connectivity index (χ0v) is 45.4. The second-order valence-electron chi connectivity index (χ2n) is 18.2. The Kier molecular flexibility index (Phi) is 54.0. The molecule has 0 aliphatic heterocycles. The van der Waals surface area contributed by atoms with Crippen LogP contribution in [0.3, 0.4) is 0 Å². The first-order valence-corrected chi connectivity index (χ1v) is 28.4.